The number of rotatable bonds is 6. The number of aromatic nitrogens is 1. The van der Waals surface area contributed by atoms with Crippen LogP contribution in [0.25, 0.3) is 0 Å². The van der Waals surface area contributed by atoms with E-state index in [0.717, 1.165) is 17.8 Å². The number of nitrogens with zero attached hydrogens (tertiary/aromatic N) is 2. The van der Waals surface area contributed by atoms with Crippen LogP contribution < -0.4 is 10.1 Å². The van der Waals surface area contributed by atoms with Crippen molar-refractivity contribution < 1.29 is 14.1 Å². The third-order valence-electron chi connectivity index (χ3n) is 2.77. The summed E-state index contributed by atoms with van der Waals surface area (Å²) in [5.74, 6) is -0.322. The predicted molar refractivity (Wildman–Crippen MR) is 74.4 cm³/mol. The van der Waals surface area contributed by atoms with Gasteiger partial charge in [-0.1, -0.05) is 0 Å². The molecule has 0 amide bonds. The van der Waals surface area contributed by atoms with Crippen molar-refractivity contribution in [3.8, 4) is 5.75 Å². The minimum Gasteiger partial charge on any atom is -0.487 e. The van der Waals surface area contributed by atoms with E-state index in [0.29, 0.717) is 17.9 Å². The number of ether oxygens (including phenoxy) is 1. The molecule has 0 unspecified atom stereocenters. The van der Waals surface area contributed by atoms with Gasteiger partial charge in [-0.25, -0.2) is 0 Å². The van der Waals surface area contributed by atoms with Gasteiger partial charge in [0, 0.05) is 12.6 Å². The largest absolute Gasteiger partial charge is 0.487 e. The van der Waals surface area contributed by atoms with E-state index in [9.17, 15) is 14.5 Å². The molecule has 0 saturated heterocycles. The molecule has 6 nitrogen and oxygen atoms in total. The van der Waals surface area contributed by atoms with Crippen molar-refractivity contribution >= 4 is 5.69 Å². The predicted octanol–water partition coefficient (Wildman–Crippen LogP) is 2.43. The average molecular weight is 291 g/mol. The third kappa shape index (κ3) is 3.96. The van der Waals surface area contributed by atoms with Gasteiger partial charge >= 0.3 is 5.69 Å². The summed E-state index contributed by atoms with van der Waals surface area (Å²) in [4.78, 5) is 13.9. The van der Waals surface area contributed by atoms with Crippen LogP contribution in [0.15, 0.2) is 36.5 Å². The lowest BCUT2D eigenvalue weighted by Gasteiger charge is -2.07. The van der Waals surface area contributed by atoms with Gasteiger partial charge in [-0.3, -0.25) is 15.1 Å². The van der Waals surface area contributed by atoms with Crippen LogP contribution in [0.3, 0.4) is 0 Å². The maximum absolute atomic E-state index is 13.4. The highest BCUT2D eigenvalue weighted by Crippen LogP contribution is 2.19. The highest BCUT2D eigenvalue weighted by molar-refractivity contribution is 5.35. The Kier molecular flexibility index (Phi) is 4.78. The van der Waals surface area contributed by atoms with Crippen molar-refractivity contribution in [2.24, 2.45) is 0 Å². The molecule has 0 atom stereocenters. The highest BCUT2D eigenvalue weighted by atomic mass is 19.1. The lowest BCUT2D eigenvalue weighted by Crippen LogP contribution is -2.06. The topological polar surface area (TPSA) is 77.3 Å². The molecule has 2 rings (SSSR count). The minimum atomic E-state index is -0.872. The number of hydrogen-bond donors (Lipinski definition) is 1. The molecule has 0 saturated carbocycles. The summed E-state index contributed by atoms with van der Waals surface area (Å²) in [5, 5.41) is 13.5. The van der Waals surface area contributed by atoms with E-state index in [-0.39, 0.29) is 6.61 Å². The second kappa shape index (κ2) is 6.76. The van der Waals surface area contributed by atoms with Crippen LogP contribution in [-0.2, 0) is 13.2 Å². The number of halogens is 1. The molecule has 0 aliphatic rings. The molecule has 0 fully saturated rings. The summed E-state index contributed by atoms with van der Waals surface area (Å²) < 4.78 is 18.9. The summed E-state index contributed by atoms with van der Waals surface area (Å²) in [6, 6.07) is 7.27. The van der Waals surface area contributed by atoms with Crippen molar-refractivity contribution in [1.29, 1.82) is 0 Å². The van der Waals surface area contributed by atoms with Crippen molar-refractivity contribution in [1.82, 2.24) is 10.3 Å². The SMILES string of the molecule is CNCc1ccc(OCc2ccc([N+](=O)[O-])c(F)c2)cn1. The third-order valence-corrected chi connectivity index (χ3v) is 2.77. The van der Waals surface area contributed by atoms with Crippen LogP contribution in [0.4, 0.5) is 10.1 Å². The zero-order valence-electron chi connectivity index (χ0n) is 11.4. The Bertz CT molecular complexity index is 632. The normalized spacial score (nSPS) is 10.4. The maximum Gasteiger partial charge on any atom is 0.304 e. The summed E-state index contributed by atoms with van der Waals surface area (Å²) in [7, 11) is 1.83. The van der Waals surface area contributed by atoms with E-state index in [1.165, 1.54) is 6.07 Å². The van der Waals surface area contributed by atoms with Crippen LogP contribution in [0.5, 0.6) is 5.75 Å². The number of pyridine rings is 1. The Morgan fingerprint density at radius 1 is 1.38 bits per heavy atom. The Balaban J connectivity index is 1.99. The lowest BCUT2D eigenvalue weighted by molar-refractivity contribution is -0.387. The van der Waals surface area contributed by atoms with Crippen molar-refractivity contribution in [3.05, 3.63) is 63.7 Å². The molecule has 0 aliphatic heterocycles. The first-order chi connectivity index (χ1) is 10.1. The summed E-state index contributed by atoms with van der Waals surface area (Å²) in [6.07, 6.45) is 1.58. The Morgan fingerprint density at radius 3 is 2.76 bits per heavy atom. The molecule has 0 radical (unpaired) electrons. The first-order valence-corrected chi connectivity index (χ1v) is 6.25. The van der Waals surface area contributed by atoms with Crippen LogP contribution in [0, 0.1) is 15.9 Å². The second-order valence-electron chi connectivity index (χ2n) is 4.35. The van der Waals surface area contributed by atoms with Gasteiger partial charge < -0.3 is 10.1 Å². The van der Waals surface area contributed by atoms with E-state index in [1.807, 2.05) is 13.1 Å². The monoisotopic (exact) mass is 291 g/mol. The van der Waals surface area contributed by atoms with Crippen LogP contribution in [-0.4, -0.2) is 17.0 Å². The number of hydrogen-bond acceptors (Lipinski definition) is 5. The molecule has 2 aromatic rings. The van der Waals surface area contributed by atoms with Gasteiger partial charge in [-0.05, 0) is 36.9 Å². The van der Waals surface area contributed by atoms with E-state index in [1.54, 1.807) is 12.3 Å². The number of benzene rings is 1. The summed E-state index contributed by atoms with van der Waals surface area (Å²) in [5.41, 5.74) is 0.848. The lowest BCUT2D eigenvalue weighted by atomic mass is 10.2. The first-order valence-electron chi connectivity index (χ1n) is 6.25. The molecule has 1 aromatic carbocycles. The molecule has 1 aromatic heterocycles. The Morgan fingerprint density at radius 2 is 2.19 bits per heavy atom. The van der Waals surface area contributed by atoms with Gasteiger partial charge in [-0.2, -0.15) is 4.39 Å². The number of nitrogens with one attached hydrogen (secondary N) is 1. The van der Waals surface area contributed by atoms with Gasteiger partial charge in [0.1, 0.15) is 12.4 Å². The Hall–Kier alpha value is -2.54. The number of nitro benzene ring substituents is 1. The molecule has 1 N–H and O–H groups in total. The molecule has 0 spiro atoms. The molecular weight excluding hydrogens is 277 g/mol. The van der Waals surface area contributed by atoms with E-state index in [2.05, 4.69) is 10.3 Å². The smallest absolute Gasteiger partial charge is 0.304 e. The maximum atomic E-state index is 13.4. The molecule has 0 aliphatic carbocycles. The van der Waals surface area contributed by atoms with Crippen LogP contribution in [0.1, 0.15) is 11.3 Å². The fourth-order valence-electron chi connectivity index (χ4n) is 1.74. The van der Waals surface area contributed by atoms with Crippen molar-refractivity contribution in [3.63, 3.8) is 0 Å². The minimum absolute atomic E-state index is 0.113. The van der Waals surface area contributed by atoms with Crippen molar-refractivity contribution in [2.45, 2.75) is 13.2 Å². The zero-order chi connectivity index (χ0) is 15.2. The van der Waals surface area contributed by atoms with Gasteiger partial charge in [0.05, 0.1) is 16.8 Å². The molecule has 1 heterocycles. The Labute approximate surface area is 120 Å². The van der Waals surface area contributed by atoms with E-state index in [4.69, 9.17) is 4.74 Å². The van der Waals surface area contributed by atoms with E-state index < -0.39 is 16.4 Å². The fourth-order valence-corrected chi connectivity index (χ4v) is 1.74. The fraction of sp³-hybridized carbons (Fsp3) is 0.214. The first kappa shape index (κ1) is 14.9. The van der Waals surface area contributed by atoms with Crippen LogP contribution >= 0.6 is 0 Å². The quantitative estimate of drug-likeness (QED) is 0.653. The van der Waals surface area contributed by atoms with Gasteiger partial charge in [-0.15, -0.1) is 0 Å². The highest BCUT2D eigenvalue weighted by Gasteiger charge is 2.13. The van der Waals surface area contributed by atoms with E-state index >= 15 is 0 Å². The molecule has 110 valence electrons. The summed E-state index contributed by atoms with van der Waals surface area (Å²) in [6.45, 7) is 0.774. The zero-order valence-corrected chi connectivity index (χ0v) is 11.4. The van der Waals surface area contributed by atoms with Gasteiger partial charge in [0.25, 0.3) is 0 Å². The second-order valence-corrected chi connectivity index (χ2v) is 4.35. The van der Waals surface area contributed by atoms with Crippen molar-refractivity contribution in [2.75, 3.05) is 7.05 Å². The standard InChI is InChI=1S/C14H14FN3O3/c1-16-7-11-3-4-12(8-17-11)21-9-10-2-5-14(18(19)20)13(15)6-10/h2-6,8,16H,7,9H2,1H3. The van der Waals surface area contributed by atoms with Gasteiger partial charge in [0.15, 0.2) is 0 Å². The number of nitro groups is 1. The van der Waals surface area contributed by atoms with Gasteiger partial charge in [0.2, 0.25) is 5.82 Å². The average Bonchev–Trinajstić information content (AvgIpc) is 2.46. The molecular formula is C14H14FN3O3. The molecule has 0 bridgehead atoms. The molecule has 21 heavy (non-hydrogen) atoms. The summed E-state index contributed by atoms with van der Waals surface area (Å²) >= 11 is 0. The van der Waals surface area contributed by atoms with Crippen LogP contribution in [0.2, 0.25) is 0 Å². The molecule has 7 heteroatoms.